The van der Waals surface area contributed by atoms with E-state index in [-0.39, 0.29) is 6.04 Å². The zero-order valence-electron chi connectivity index (χ0n) is 7.90. The van der Waals surface area contributed by atoms with Gasteiger partial charge in [-0.05, 0) is 13.8 Å². The number of rotatable bonds is 2. The molecule has 14 heavy (non-hydrogen) atoms. The lowest BCUT2D eigenvalue weighted by Crippen LogP contribution is -2.39. The average Bonchev–Trinajstić information content (AvgIpc) is 2.55. The SMILES string of the molecule is CC(C)NC(=O)C(=O)Nc1nccs1. The molecule has 0 aromatic carbocycles. The lowest BCUT2D eigenvalue weighted by molar-refractivity contribution is -0.136. The van der Waals surface area contributed by atoms with E-state index in [1.807, 2.05) is 0 Å². The summed E-state index contributed by atoms with van der Waals surface area (Å²) in [7, 11) is 0. The maximum atomic E-state index is 11.2. The Morgan fingerprint density at radius 3 is 2.64 bits per heavy atom. The van der Waals surface area contributed by atoms with E-state index in [0.29, 0.717) is 5.13 Å². The van der Waals surface area contributed by atoms with Gasteiger partial charge in [0.1, 0.15) is 0 Å². The van der Waals surface area contributed by atoms with Crippen LogP contribution in [0.2, 0.25) is 0 Å². The third kappa shape index (κ3) is 3.14. The molecule has 1 rings (SSSR count). The third-order valence-corrected chi connectivity index (χ3v) is 1.97. The molecular formula is C8H11N3O2S. The van der Waals surface area contributed by atoms with Crippen molar-refractivity contribution >= 4 is 28.3 Å². The van der Waals surface area contributed by atoms with Crippen molar-refractivity contribution in [1.29, 1.82) is 0 Å². The van der Waals surface area contributed by atoms with Gasteiger partial charge in [0.15, 0.2) is 5.13 Å². The molecule has 1 heterocycles. The zero-order valence-corrected chi connectivity index (χ0v) is 8.72. The standard InChI is InChI=1S/C8H11N3O2S/c1-5(2)10-6(12)7(13)11-8-9-3-4-14-8/h3-5H,1-2H3,(H,10,12)(H,9,11,13). The van der Waals surface area contributed by atoms with Gasteiger partial charge in [0.05, 0.1) is 0 Å². The fourth-order valence-corrected chi connectivity index (χ4v) is 1.29. The molecule has 1 aromatic rings. The highest BCUT2D eigenvalue weighted by atomic mass is 32.1. The number of hydrogen-bond donors (Lipinski definition) is 2. The van der Waals surface area contributed by atoms with Crippen molar-refractivity contribution in [3.63, 3.8) is 0 Å². The van der Waals surface area contributed by atoms with E-state index >= 15 is 0 Å². The normalized spacial score (nSPS) is 9.93. The summed E-state index contributed by atoms with van der Waals surface area (Å²) in [5.74, 6) is -1.33. The lowest BCUT2D eigenvalue weighted by Gasteiger charge is -2.06. The fourth-order valence-electron chi connectivity index (χ4n) is 0.767. The number of nitrogens with zero attached hydrogens (tertiary/aromatic N) is 1. The molecule has 0 aliphatic carbocycles. The number of thiazole rings is 1. The van der Waals surface area contributed by atoms with Crippen LogP contribution in [-0.2, 0) is 9.59 Å². The van der Waals surface area contributed by atoms with Crippen molar-refractivity contribution in [2.75, 3.05) is 5.32 Å². The number of carbonyl (C=O) groups excluding carboxylic acids is 2. The first-order valence-corrected chi connectivity index (χ1v) is 4.99. The van der Waals surface area contributed by atoms with E-state index in [9.17, 15) is 9.59 Å². The first-order valence-electron chi connectivity index (χ1n) is 4.11. The molecule has 0 aliphatic heterocycles. The maximum absolute atomic E-state index is 11.2. The molecule has 0 saturated carbocycles. The molecule has 0 spiro atoms. The Morgan fingerprint density at radius 1 is 1.43 bits per heavy atom. The van der Waals surface area contributed by atoms with Crippen molar-refractivity contribution < 1.29 is 9.59 Å². The minimum atomic E-state index is -0.686. The minimum absolute atomic E-state index is 0.0513. The molecule has 0 radical (unpaired) electrons. The summed E-state index contributed by atoms with van der Waals surface area (Å²) in [6.07, 6.45) is 1.56. The number of carbonyl (C=O) groups is 2. The lowest BCUT2D eigenvalue weighted by atomic mass is 10.4. The van der Waals surface area contributed by atoms with Crippen LogP contribution in [0.5, 0.6) is 0 Å². The van der Waals surface area contributed by atoms with Gasteiger partial charge in [0, 0.05) is 17.6 Å². The summed E-state index contributed by atoms with van der Waals surface area (Å²) in [6, 6.07) is -0.0513. The van der Waals surface area contributed by atoms with Crippen LogP contribution in [0.3, 0.4) is 0 Å². The second-order valence-electron chi connectivity index (χ2n) is 2.92. The predicted octanol–water partition coefficient (Wildman–Crippen LogP) is 0.606. The molecule has 76 valence electrons. The minimum Gasteiger partial charge on any atom is -0.346 e. The molecule has 0 fully saturated rings. The van der Waals surface area contributed by atoms with E-state index in [1.165, 1.54) is 11.3 Å². The summed E-state index contributed by atoms with van der Waals surface area (Å²) in [6.45, 7) is 3.57. The maximum Gasteiger partial charge on any atom is 0.315 e. The van der Waals surface area contributed by atoms with Crippen molar-refractivity contribution in [2.45, 2.75) is 19.9 Å². The molecule has 0 unspecified atom stereocenters. The Labute approximate surface area is 85.5 Å². The molecule has 6 heteroatoms. The first-order chi connectivity index (χ1) is 6.59. The van der Waals surface area contributed by atoms with Crippen LogP contribution in [0.15, 0.2) is 11.6 Å². The molecule has 0 aliphatic rings. The highest BCUT2D eigenvalue weighted by molar-refractivity contribution is 7.13. The molecule has 2 amide bonds. The van der Waals surface area contributed by atoms with E-state index in [0.717, 1.165) is 0 Å². The second-order valence-corrected chi connectivity index (χ2v) is 3.81. The average molecular weight is 213 g/mol. The van der Waals surface area contributed by atoms with Crippen LogP contribution in [0.1, 0.15) is 13.8 Å². The topological polar surface area (TPSA) is 71.1 Å². The summed E-state index contributed by atoms with van der Waals surface area (Å²) < 4.78 is 0. The largest absolute Gasteiger partial charge is 0.346 e. The Hall–Kier alpha value is -1.43. The van der Waals surface area contributed by atoms with Crippen LogP contribution < -0.4 is 10.6 Å². The highest BCUT2D eigenvalue weighted by Crippen LogP contribution is 2.09. The summed E-state index contributed by atoms with van der Waals surface area (Å²) in [5, 5.41) is 7.01. The Balaban J connectivity index is 2.46. The van der Waals surface area contributed by atoms with Gasteiger partial charge >= 0.3 is 11.8 Å². The van der Waals surface area contributed by atoms with Crippen molar-refractivity contribution in [3.8, 4) is 0 Å². The van der Waals surface area contributed by atoms with Crippen molar-refractivity contribution in [3.05, 3.63) is 11.6 Å². The van der Waals surface area contributed by atoms with E-state index in [1.54, 1.807) is 25.4 Å². The van der Waals surface area contributed by atoms with E-state index < -0.39 is 11.8 Å². The fraction of sp³-hybridized carbons (Fsp3) is 0.375. The number of amides is 2. The Kier molecular flexibility index (Phi) is 3.58. The van der Waals surface area contributed by atoms with Gasteiger partial charge in [-0.1, -0.05) is 0 Å². The first kappa shape index (κ1) is 10.6. The van der Waals surface area contributed by atoms with Gasteiger partial charge in [-0.15, -0.1) is 11.3 Å². The predicted molar refractivity (Wildman–Crippen MR) is 54.0 cm³/mol. The number of aromatic nitrogens is 1. The second kappa shape index (κ2) is 4.71. The Morgan fingerprint density at radius 2 is 2.14 bits per heavy atom. The van der Waals surface area contributed by atoms with Crippen LogP contribution >= 0.6 is 11.3 Å². The third-order valence-electron chi connectivity index (χ3n) is 1.28. The molecular weight excluding hydrogens is 202 g/mol. The quantitative estimate of drug-likeness (QED) is 0.707. The number of hydrogen-bond acceptors (Lipinski definition) is 4. The van der Waals surface area contributed by atoms with Gasteiger partial charge < -0.3 is 5.32 Å². The van der Waals surface area contributed by atoms with Gasteiger partial charge in [0.2, 0.25) is 0 Å². The van der Waals surface area contributed by atoms with Crippen LogP contribution in [0.4, 0.5) is 5.13 Å². The molecule has 0 bridgehead atoms. The van der Waals surface area contributed by atoms with Crippen molar-refractivity contribution in [1.82, 2.24) is 10.3 Å². The molecule has 0 saturated heterocycles. The smallest absolute Gasteiger partial charge is 0.315 e. The Bertz CT molecular complexity index is 321. The van der Waals surface area contributed by atoms with Gasteiger partial charge in [-0.3, -0.25) is 14.9 Å². The van der Waals surface area contributed by atoms with E-state index in [2.05, 4.69) is 15.6 Å². The molecule has 1 aromatic heterocycles. The summed E-state index contributed by atoms with van der Waals surface area (Å²) in [4.78, 5) is 26.1. The number of nitrogens with one attached hydrogen (secondary N) is 2. The zero-order chi connectivity index (χ0) is 10.6. The van der Waals surface area contributed by atoms with E-state index in [4.69, 9.17) is 0 Å². The summed E-state index contributed by atoms with van der Waals surface area (Å²) in [5.41, 5.74) is 0. The van der Waals surface area contributed by atoms with Crippen molar-refractivity contribution in [2.24, 2.45) is 0 Å². The van der Waals surface area contributed by atoms with Crippen LogP contribution in [-0.4, -0.2) is 22.8 Å². The summed E-state index contributed by atoms with van der Waals surface area (Å²) >= 11 is 1.26. The molecule has 2 N–H and O–H groups in total. The monoisotopic (exact) mass is 213 g/mol. The van der Waals surface area contributed by atoms with Crippen LogP contribution in [0, 0.1) is 0 Å². The van der Waals surface area contributed by atoms with Gasteiger partial charge in [-0.2, -0.15) is 0 Å². The van der Waals surface area contributed by atoms with Crippen LogP contribution in [0.25, 0.3) is 0 Å². The molecule has 0 atom stereocenters. The highest BCUT2D eigenvalue weighted by Gasteiger charge is 2.14. The molecule has 5 nitrogen and oxygen atoms in total. The van der Waals surface area contributed by atoms with Gasteiger partial charge in [0.25, 0.3) is 0 Å². The number of anilines is 1. The van der Waals surface area contributed by atoms with Gasteiger partial charge in [-0.25, -0.2) is 4.98 Å².